The molecule has 0 amide bonds. The topological polar surface area (TPSA) is 148 Å². The minimum Gasteiger partial charge on any atom is -0.454 e. The lowest BCUT2D eigenvalue weighted by molar-refractivity contribution is 0.174. The molecule has 0 bridgehead atoms. The number of ether oxygens (including phenoxy) is 2. The average Bonchev–Trinajstić information content (AvgIpc) is 3.07. The zero-order valence-electron chi connectivity index (χ0n) is 13.2. The number of hydrogen-bond donors (Lipinski definition) is 4. The highest BCUT2D eigenvalue weighted by atomic mass is 16.7. The van der Waals surface area contributed by atoms with Crippen LogP contribution in [0.4, 0.5) is 17.5 Å². The van der Waals surface area contributed by atoms with Gasteiger partial charge in [0, 0.05) is 5.56 Å². The van der Waals surface area contributed by atoms with Gasteiger partial charge in [0.05, 0.1) is 11.5 Å². The summed E-state index contributed by atoms with van der Waals surface area (Å²) in [6.45, 7) is 0.136. The van der Waals surface area contributed by atoms with Crippen molar-refractivity contribution < 1.29 is 9.47 Å². The Morgan fingerprint density at radius 3 is 2.81 bits per heavy atom. The molecule has 0 aliphatic carbocycles. The van der Waals surface area contributed by atoms with E-state index >= 15 is 0 Å². The molecule has 2 aliphatic heterocycles. The van der Waals surface area contributed by atoms with Gasteiger partial charge in [0.1, 0.15) is 23.8 Å². The van der Waals surface area contributed by atoms with E-state index in [9.17, 15) is 9.59 Å². The summed E-state index contributed by atoms with van der Waals surface area (Å²) >= 11 is 0. The normalized spacial score (nSPS) is 16.5. The van der Waals surface area contributed by atoms with Gasteiger partial charge in [-0.2, -0.15) is 0 Å². The van der Waals surface area contributed by atoms with Crippen LogP contribution in [0.15, 0.2) is 34.1 Å². The maximum Gasteiger partial charge on any atom is 0.327 e. The van der Waals surface area contributed by atoms with Gasteiger partial charge in [0.15, 0.2) is 11.5 Å². The summed E-state index contributed by atoms with van der Waals surface area (Å²) < 4.78 is 10.8. The first kappa shape index (κ1) is 14.5. The molecular weight excluding hydrogens is 340 g/mol. The Kier molecular flexibility index (Phi) is 2.84. The molecule has 4 heterocycles. The zero-order chi connectivity index (χ0) is 17.8. The third-order valence-electron chi connectivity index (χ3n) is 4.44. The Hall–Kier alpha value is -3.82. The molecule has 5 rings (SSSR count). The van der Waals surface area contributed by atoms with Gasteiger partial charge in [-0.3, -0.25) is 14.8 Å². The lowest BCUT2D eigenvalue weighted by Crippen LogP contribution is -2.32. The number of aromatic amines is 2. The number of nitrogens with two attached hydrogens (primary N) is 1. The Morgan fingerprint density at radius 2 is 1.92 bits per heavy atom. The van der Waals surface area contributed by atoms with E-state index in [4.69, 9.17) is 15.2 Å². The van der Waals surface area contributed by atoms with Gasteiger partial charge in [-0.1, -0.05) is 6.07 Å². The summed E-state index contributed by atoms with van der Waals surface area (Å²) in [6.07, 6.45) is 1.31. The fraction of sp³-hybridized carbons (Fsp3) is 0.125. The number of rotatable bonds is 1. The van der Waals surface area contributed by atoms with Gasteiger partial charge < -0.3 is 20.5 Å². The van der Waals surface area contributed by atoms with E-state index in [1.165, 1.54) is 6.33 Å². The molecule has 10 nitrogen and oxygen atoms in total. The Labute approximate surface area is 145 Å². The third-order valence-corrected chi connectivity index (χ3v) is 4.44. The minimum atomic E-state index is -0.615. The van der Waals surface area contributed by atoms with Crippen LogP contribution in [0.2, 0.25) is 0 Å². The minimum absolute atomic E-state index is 0.136. The van der Waals surface area contributed by atoms with E-state index in [0.29, 0.717) is 28.4 Å². The summed E-state index contributed by atoms with van der Waals surface area (Å²) in [4.78, 5) is 37.4. The van der Waals surface area contributed by atoms with E-state index in [2.05, 4.69) is 25.3 Å². The molecule has 2 aliphatic rings. The quantitative estimate of drug-likeness (QED) is 0.385. The monoisotopic (exact) mass is 352 g/mol. The first-order valence-corrected chi connectivity index (χ1v) is 7.75. The van der Waals surface area contributed by atoms with Crippen molar-refractivity contribution in [1.82, 2.24) is 19.9 Å². The van der Waals surface area contributed by atoms with Gasteiger partial charge in [-0.25, -0.2) is 14.8 Å². The number of fused-ring (bicyclic) bond motifs is 3. The predicted octanol–water partition coefficient (Wildman–Crippen LogP) is 0.401. The molecule has 1 unspecified atom stereocenters. The summed E-state index contributed by atoms with van der Waals surface area (Å²) in [6, 6.07) is 5.36. The summed E-state index contributed by atoms with van der Waals surface area (Å²) in [5, 5.41) is 2.95. The number of nitrogens with zero attached hydrogens (tertiary/aromatic N) is 2. The van der Waals surface area contributed by atoms with Crippen LogP contribution < -0.4 is 31.8 Å². The van der Waals surface area contributed by atoms with Crippen molar-refractivity contribution in [2.24, 2.45) is 0 Å². The van der Waals surface area contributed by atoms with Crippen molar-refractivity contribution in [2.75, 3.05) is 17.8 Å². The smallest absolute Gasteiger partial charge is 0.327 e. The van der Waals surface area contributed by atoms with E-state index in [1.807, 2.05) is 6.07 Å². The highest BCUT2D eigenvalue weighted by Gasteiger charge is 2.34. The second-order valence-electron chi connectivity index (χ2n) is 5.89. The van der Waals surface area contributed by atoms with Crippen LogP contribution in [0.5, 0.6) is 11.5 Å². The van der Waals surface area contributed by atoms with Crippen molar-refractivity contribution in [1.29, 1.82) is 0 Å². The Balaban J connectivity index is 1.82. The molecule has 5 N–H and O–H groups in total. The van der Waals surface area contributed by atoms with Crippen molar-refractivity contribution in [2.45, 2.75) is 5.92 Å². The van der Waals surface area contributed by atoms with Crippen LogP contribution in [0.25, 0.3) is 0 Å². The predicted molar refractivity (Wildman–Crippen MR) is 90.9 cm³/mol. The zero-order valence-corrected chi connectivity index (χ0v) is 13.2. The molecular formula is C16H12N6O4. The first-order valence-electron chi connectivity index (χ1n) is 7.75. The molecule has 0 radical (unpaired) electrons. The Bertz CT molecular complexity index is 1170. The van der Waals surface area contributed by atoms with Gasteiger partial charge in [0.2, 0.25) is 6.79 Å². The SMILES string of the molecule is Nc1ncnc2c1C(c1ccc3c(c1)OCO3)c1c([nH]c(=O)[nH]c1=O)N2. The number of hydrogen-bond acceptors (Lipinski definition) is 8. The van der Waals surface area contributed by atoms with Crippen LogP contribution in [0, 0.1) is 0 Å². The number of nitrogen functional groups attached to an aromatic ring is 1. The van der Waals surface area contributed by atoms with Crippen LogP contribution in [-0.2, 0) is 0 Å². The summed E-state index contributed by atoms with van der Waals surface area (Å²) in [5.74, 6) is 1.54. The molecule has 0 saturated heterocycles. The molecule has 130 valence electrons. The number of nitrogens with one attached hydrogen (secondary N) is 3. The fourth-order valence-electron chi connectivity index (χ4n) is 3.35. The standard InChI is InChI=1S/C16H12N6O4/c17-12-10-9(6-1-2-7-8(3-6)26-5-25-7)11-14(20-13(10)19-4-18-12)21-16(24)22-15(11)23/h1-4,9H,5H2,(H5,17,18,19,20,21,22,23,24). The number of benzene rings is 1. The van der Waals surface area contributed by atoms with Gasteiger partial charge in [-0.05, 0) is 17.7 Å². The van der Waals surface area contributed by atoms with Crippen LogP contribution in [0.3, 0.4) is 0 Å². The average molecular weight is 352 g/mol. The fourth-order valence-corrected chi connectivity index (χ4v) is 3.35. The van der Waals surface area contributed by atoms with Crippen molar-refractivity contribution in [3.05, 3.63) is 62.1 Å². The lowest BCUT2D eigenvalue weighted by Gasteiger charge is -2.28. The first-order chi connectivity index (χ1) is 12.6. The van der Waals surface area contributed by atoms with Crippen LogP contribution >= 0.6 is 0 Å². The lowest BCUT2D eigenvalue weighted by atomic mass is 9.84. The Morgan fingerprint density at radius 1 is 1.08 bits per heavy atom. The summed E-state index contributed by atoms with van der Waals surface area (Å²) in [5.41, 5.74) is 6.56. The maximum atomic E-state index is 12.6. The molecule has 0 fully saturated rings. The highest BCUT2D eigenvalue weighted by molar-refractivity contribution is 5.74. The second kappa shape index (κ2) is 5.09. The molecule has 0 saturated carbocycles. The largest absolute Gasteiger partial charge is 0.454 e. The van der Waals surface area contributed by atoms with E-state index < -0.39 is 17.2 Å². The molecule has 26 heavy (non-hydrogen) atoms. The van der Waals surface area contributed by atoms with E-state index in [1.54, 1.807) is 12.1 Å². The molecule has 1 aromatic carbocycles. The summed E-state index contributed by atoms with van der Waals surface area (Å²) in [7, 11) is 0. The third kappa shape index (κ3) is 1.98. The van der Waals surface area contributed by atoms with Crippen LogP contribution in [-0.4, -0.2) is 26.7 Å². The molecule has 2 aromatic heterocycles. The number of H-pyrrole nitrogens is 2. The van der Waals surface area contributed by atoms with Crippen LogP contribution in [0.1, 0.15) is 22.6 Å². The molecule has 10 heteroatoms. The van der Waals surface area contributed by atoms with E-state index in [-0.39, 0.29) is 18.4 Å². The number of aromatic nitrogens is 4. The second-order valence-corrected chi connectivity index (χ2v) is 5.89. The maximum absolute atomic E-state index is 12.6. The molecule has 3 aromatic rings. The van der Waals surface area contributed by atoms with E-state index in [0.717, 1.165) is 5.56 Å². The molecule has 1 atom stereocenters. The number of anilines is 3. The van der Waals surface area contributed by atoms with Crippen molar-refractivity contribution in [3.8, 4) is 11.5 Å². The molecule has 0 spiro atoms. The highest BCUT2D eigenvalue weighted by Crippen LogP contribution is 2.45. The van der Waals surface area contributed by atoms with Gasteiger partial charge >= 0.3 is 5.69 Å². The van der Waals surface area contributed by atoms with Gasteiger partial charge in [-0.15, -0.1) is 0 Å². The van der Waals surface area contributed by atoms with Gasteiger partial charge in [0.25, 0.3) is 5.56 Å². The van der Waals surface area contributed by atoms with Crippen molar-refractivity contribution >= 4 is 17.5 Å². The van der Waals surface area contributed by atoms with Crippen molar-refractivity contribution in [3.63, 3.8) is 0 Å².